The summed E-state index contributed by atoms with van der Waals surface area (Å²) in [6, 6.07) is 0.254. The van der Waals surface area contributed by atoms with Crippen LogP contribution in [0.2, 0.25) is 0 Å². The van der Waals surface area contributed by atoms with Gasteiger partial charge in [0.05, 0.1) is 12.3 Å². The number of aromatic nitrogens is 1. The van der Waals surface area contributed by atoms with Gasteiger partial charge < -0.3 is 14.4 Å². The molecule has 1 fully saturated rings. The Kier molecular flexibility index (Phi) is 3.24. The smallest absolute Gasteiger partial charge is 0.291 e. The number of amides is 1. The number of aliphatic hydroxyl groups excluding tert-OH is 1. The standard InChI is InChI=1S/C11H16N2O3/c1-8-10(16-7-12-8)11(15)13(5-6-14)9-3-2-4-9/h7,9,14H,2-6H2,1H3. The summed E-state index contributed by atoms with van der Waals surface area (Å²) in [7, 11) is 0. The molecule has 16 heavy (non-hydrogen) atoms. The molecular weight excluding hydrogens is 208 g/mol. The van der Waals surface area contributed by atoms with E-state index >= 15 is 0 Å². The maximum Gasteiger partial charge on any atom is 0.291 e. The molecule has 88 valence electrons. The van der Waals surface area contributed by atoms with Crippen molar-refractivity contribution in [2.75, 3.05) is 13.2 Å². The van der Waals surface area contributed by atoms with E-state index in [9.17, 15) is 4.79 Å². The molecule has 5 heteroatoms. The van der Waals surface area contributed by atoms with Gasteiger partial charge in [-0.05, 0) is 26.2 Å². The minimum atomic E-state index is -0.159. The Hall–Kier alpha value is -1.36. The fourth-order valence-electron chi connectivity index (χ4n) is 1.89. The van der Waals surface area contributed by atoms with Crippen LogP contribution in [0.15, 0.2) is 10.8 Å². The lowest BCUT2D eigenvalue weighted by atomic mass is 9.91. The van der Waals surface area contributed by atoms with Gasteiger partial charge in [-0.15, -0.1) is 0 Å². The van der Waals surface area contributed by atoms with Crippen molar-refractivity contribution in [3.8, 4) is 0 Å². The molecule has 0 aromatic carbocycles. The molecule has 1 N–H and O–H groups in total. The number of oxazole rings is 1. The highest BCUT2D eigenvalue weighted by Gasteiger charge is 2.31. The van der Waals surface area contributed by atoms with Gasteiger partial charge in [-0.1, -0.05) is 0 Å². The first-order valence-electron chi connectivity index (χ1n) is 5.56. The van der Waals surface area contributed by atoms with E-state index in [2.05, 4.69) is 4.98 Å². The highest BCUT2D eigenvalue weighted by molar-refractivity contribution is 5.92. The molecule has 1 aromatic rings. The van der Waals surface area contributed by atoms with Crippen molar-refractivity contribution in [3.63, 3.8) is 0 Å². The van der Waals surface area contributed by atoms with E-state index in [4.69, 9.17) is 9.52 Å². The van der Waals surface area contributed by atoms with Gasteiger partial charge in [-0.3, -0.25) is 4.79 Å². The summed E-state index contributed by atoms with van der Waals surface area (Å²) in [6.45, 7) is 2.09. The van der Waals surface area contributed by atoms with Gasteiger partial charge in [0, 0.05) is 12.6 Å². The van der Waals surface area contributed by atoms with E-state index in [0.717, 1.165) is 19.3 Å². The van der Waals surface area contributed by atoms with Crippen LogP contribution in [0.25, 0.3) is 0 Å². The van der Waals surface area contributed by atoms with Crippen LogP contribution in [0.5, 0.6) is 0 Å². The lowest BCUT2D eigenvalue weighted by Crippen LogP contribution is -2.45. The molecule has 1 amide bonds. The molecule has 1 aromatic heterocycles. The molecule has 1 aliphatic rings. The van der Waals surface area contributed by atoms with Gasteiger partial charge in [0.25, 0.3) is 5.91 Å². The molecule has 5 nitrogen and oxygen atoms in total. The molecule has 0 aliphatic heterocycles. The third-order valence-electron chi connectivity index (χ3n) is 3.06. The maximum atomic E-state index is 12.1. The Morgan fingerprint density at radius 1 is 1.69 bits per heavy atom. The van der Waals surface area contributed by atoms with Crippen molar-refractivity contribution in [2.45, 2.75) is 32.2 Å². The molecule has 0 bridgehead atoms. The summed E-state index contributed by atoms with van der Waals surface area (Å²) >= 11 is 0. The summed E-state index contributed by atoms with van der Waals surface area (Å²) in [6.07, 6.45) is 4.45. The predicted octanol–water partition coefficient (Wildman–Crippen LogP) is 0.970. The molecule has 0 radical (unpaired) electrons. The Balaban J connectivity index is 2.13. The molecule has 0 atom stereocenters. The van der Waals surface area contributed by atoms with Crippen LogP contribution in [0.4, 0.5) is 0 Å². The predicted molar refractivity (Wildman–Crippen MR) is 57.0 cm³/mol. The second-order valence-corrected chi connectivity index (χ2v) is 4.07. The molecule has 1 aliphatic carbocycles. The first-order valence-corrected chi connectivity index (χ1v) is 5.56. The van der Waals surface area contributed by atoms with Gasteiger partial charge in [-0.25, -0.2) is 4.98 Å². The third-order valence-corrected chi connectivity index (χ3v) is 3.06. The molecule has 2 rings (SSSR count). The Bertz CT molecular complexity index is 371. The fraction of sp³-hybridized carbons (Fsp3) is 0.636. The van der Waals surface area contributed by atoms with Crippen LogP contribution in [0.3, 0.4) is 0 Å². The van der Waals surface area contributed by atoms with Crippen LogP contribution >= 0.6 is 0 Å². The first kappa shape index (κ1) is 11.1. The zero-order valence-corrected chi connectivity index (χ0v) is 9.35. The second kappa shape index (κ2) is 4.65. The Morgan fingerprint density at radius 3 is 2.88 bits per heavy atom. The van der Waals surface area contributed by atoms with E-state index in [0.29, 0.717) is 18.0 Å². The number of hydrogen-bond acceptors (Lipinski definition) is 4. The van der Waals surface area contributed by atoms with E-state index in [-0.39, 0.29) is 18.6 Å². The summed E-state index contributed by atoms with van der Waals surface area (Å²) in [5.41, 5.74) is 0.604. The summed E-state index contributed by atoms with van der Waals surface area (Å²) < 4.78 is 5.09. The van der Waals surface area contributed by atoms with Gasteiger partial charge in [-0.2, -0.15) is 0 Å². The van der Waals surface area contributed by atoms with E-state index in [1.165, 1.54) is 6.39 Å². The second-order valence-electron chi connectivity index (χ2n) is 4.07. The Morgan fingerprint density at radius 2 is 2.44 bits per heavy atom. The van der Waals surface area contributed by atoms with E-state index in [1.54, 1.807) is 11.8 Å². The average molecular weight is 224 g/mol. The molecule has 0 saturated heterocycles. The number of aliphatic hydroxyl groups is 1. The lowest BCUT2D eigenvalue weighted by molar-refractivity contribution is 0.0494. The molecular formula is C11H16N2O3. The van der Waals surface area contributed by atoms with Crippen molar-refractivity contribution in [1.82, 2.24) is 9.88 Å². The number of aryl methyl sites for hydroxylation is 1. The van der Waals surface area contributed by atoms with Gasteiger partial charge in [0.2, 0.25) is 5.76 Å². The van der Waals surface area contributed by atoms with Gasteiger partial charge in [0.15, 0.2) is 6.39 Å². The highest BCUT2D eigenvalue weighted by atomic mass is 16.3. The molecule has 1 heterocycles. The maximum absolute atomic E-state index is 12.1. The summed E-state index contributed by atoms with van der Waals surface area (Å²) in [5, 5.41) is 8.98. The van der Waals surface area contributed by atoms with Gasteiger partial charge >= 0.3 is 0 Å². The minimum absolute atomic E-state index is 0.0184. The average Bonchev–Trinajstić information content (AvgIpc) is 2.60. The van der Waals surface area contributed by atoms with Crippen molar-refractivity contribution >= 4 is 5.91 Å². The molecule has 0 unspecified atom stereocenters. The number of hydrogen-bond donors (Lipinski definition) is 1. The third kappa shape index (κ3) is 1.95. The zero-order chi connectivity index (χ0) is 11.5. The minimum Gasteiger partial charge on any atom is -0.438 e. The fourth-order valence-corrected chi connectivity index (χ4v) is 1.89. The van der Waals surface area contributed by atoms with Crippen LogP contribution < -0.4 is 0 Å². The van der Waals surface area contributed by atoms with Crippen molar-refractivity contribution in [3.05, 3.63) is 17.8 Å². The summed E-state index contributed by atoms with van der Waals surface area (Å²) in [4.78, 5) is 17.7. The molecule has 1 saturated carbocycles. The van der Waals surface area contributed by atoms with Crippen molar-refractivity contribution in [2.24, 2.45) is 0 Å². The van der Waals surface area contributed by atoms with Crippen LogP contribution in [-0.4, -0.2) is 40.1 Å². The Labute approximate surface area is 94.1 Å². The summed E-state index contributed by atoms with van der Waals surface area (Å²) in [5.74, 6) is 0.133. The normalized spacial score (nSPS) is 15.9. The first-order chi connectivity index (χ1) is 7.74. The zero-order valence-electron chi connectivity index (χ0n) is 9.35. The quantitative estimate of drug-likeness (QED) is 0.827. The number of nitrogens with zero attached hydrogens (tertiary/aromatic N) is 2. The topological polar surface area (TPSA) is 66.6 Å². The van der Waals surface area contributed by atoms with Crippen LogP contribution in [0.1, 0.15) is 35.5 Å². The lowest BCUT2D eigenvalue weighted by Gasteiger charge is -2.36. The largest absolute Gasteiger partial charge is 0.438 e. The monoisotopic (exact) mass is 224 g/mol. The van der Waals surface area contributed by atoms with Crippen molar-refractivity contribution < 1.29 is 14.3 Å². The number of carbonyl (C=O) groups is 1. The van der Waals surface area contributed by atoms with Crippen molar-refractivity contribution in [1.29, 1.82) is 0 Å². The van der Waals surface area contributed by atoms with Crippen LogP contribution in [0, 0.1) is 6.92 Å². The molecule has 0 spiro atoms. The van der Waals surface area contributed by atoms with Crippen LogP contribution in [-0.2, 0) is 0 Å². The highest BCUT2D eigenvalue weighted by Crippen LogP contribution is 2.26. The SMILES string of the molecule is Cc1ncoc1C(=O)N(CCO)C1CCC1. The van der Waals surface area contributed by atoms with E-state index in [1.807, 2.05) is 0 Å². The van der Waals surface area contributed by atoms with E-state index < -0.39 is 0 Å². The number of carbonyl (C=O) groups excluding carboxylic acids is 1. The van der Waals surface area contributed by atoms with Gasteiger partial charge in [0.1, 0.15) is 0 Å². The number of rotatable bonds is 4.